The van der Waals surface area contributed by atoms with Crippen LogP contribution in [0.1, 0.15) is 19.3 Å². The maximum atomic E-state index is 9.03. The second-order valence-electron chi connectivity index (χ2n) is 3.98. The van der Waals surface area contributed by atoms with Crippen molar-refractivity contribution in [3.63, 3.8) is 0 Å². The third-order valence-corrected chi connectivity index (χ3v) is 3.16. The molecule has 0 aromatic rings. The average molecular weight is 170 g/mol. The van der Waals surface area contributed by atoms with Crippen molar-refractivity contribution in [3.8, 4) is 0 Å². The molecule has 1 aliphatic heterocycles. The lowest BCUT2D eigenvalue weighted by molar-refractivity contribution is 0.139. The van der Waals surface area contributed by atoms with Crippen molar-refractivity contribution >= 4 is 0 Å². The van der Waals surface area contributed by atoms with Crippen molar-refractivity contribution in [1.29, 1.82) is 0 Å². The van der Waals surface area contributed by atoms with E-state index in [0.29, 0.717) is 24.6 Å². The van der Waals surface area contributed by atoms with E-state index in [1.54, 1.807) is 0 Å². The first-order chi connectivity index (χ1) is 5.90. The topological polar surface area (TPSA) is 44.3 Å². The van der Waals surface area contributed by atoms with E-state index in [2.05, 4.69) is 10.6 Å². The Labute approximate surface area is 73.5 Å². The summed E-state index contributed by atoms with van der Waals surface area (Å²) in [7, 11) is 0. The van der Waals surface area contributed by atoms with Crippen LogP contribution in [0.15, 0.2) is 0 Å². The van der Waals surface area contributed by atoms with E-state index < -0.39 is 0 Å². The van der Waals surface area contributed by atoms with E-state index in [4.69, 9.17) is 5.11 Å². The minimum absolute atomic E-state index is 0.366. The summed E-state index contributed by atoms with van der Waals surface area (Å²) in [6, 6.07) is 1.28. The van der Waals surface area contributed by atoms with E-state index in [9.17, 15) is 0 Å². The summed E-state index contributed by atoms with van der Waals surface area (Å²) in [6.07, 6.45) is 3.56. The Morgan fingerprint density at radius 3 is 2.58 bits per heavy atom. The molecule has 3 heteroatoms. The summed E-state index contributed by atoms with van der Waals surface area (Å²) in [4.78, 5) is 0. The quantitative estimate of drug-likeness (QED) is 0.506. The van der Waals surface area contributed by atoms with E-state index in [0.717, 1.165) is 19.5 Å². The first-order valence-electron chi connectivity index (χ1n) is 4.98. The molecule has 2 fully saturated rings. The van der Waals surface area contributed by atoms with Gasteiger partial charge < -0.3 is 15.7 Å². The predicted molar refractivity (Wildman–Crippen MR) is 48.0 cm³/mol. The summed E-state index contributed by atoms with van der Waals surface area (Å²) < 4.78 is 0. The van der Waals surface area contributed by atoms with Crippen molar-refractivity contribution < 1.29 is 5.11 Å². The number of hydrogen-bond donors (Lipinski definition) is 3. The number of rotatable bonds is 1. The number of nitrogens with one attached hydrogen (secondary N) is 2. The van der Waals surface area contributed by atoms with Gasteiger partial charge in [0.1, 0.15) is 0 Å². The van der Waals surface area contributed by atoms with Gasteiger partial charge in [0, 0.05) is 31.8 Å². The zero-order valence-corrected chi connectivity index (χ0v) is 7.42. The van der Waals surface area contributed by atoms with Gasteiger partial charge in [-0.3, -0.25) is 0 Å². The fourth-order valence-electron chi connectivity index (χ4n) is 2.41. The second-order valence-corrected chi connectivity index (χ2v) is 3.98. The van der Waals surface area contributed by atoms with Gasteiger partial charge in [0.15, 0.2) is 0 Å². The van der Waals surface area contributed by atoms with Gasteiger partial charge in [-0.1, -0.05) is 0 Å². The highest BCUT2D eigenvalue weighted by atomic mass is 16.3. The smallest absolute Gasteiger partial charge is 0.0459 e. The van der Waals surface area contributed by atoms with E-state index >= 15 is 0 Å². The zero-order valence-electron chi connectivity index (χ0n) is 7.42. The molecule has 0 spiro atoms. The molecule has 1 saturated carbocycles. The molecule has 0 aromatic heterocycles. The lowest BCUT2D eigenvalue weighted by Gasteiger charge is -2.40. The van der Waals surface area contributed by atoms with E-state index in [-0.39, 0.29) is 0 Å². The minimum Gasteiger partial charge on any atom is -0.396 e. The van der Waals surface area contributed by atoms with Gasteiger partial charge in [-0.25, -0.2) is 0 Å². The van der Waals surface area contributed by atoms with Gasteiger partial charge in [-0.05, 0) is 25.2 Å². The van der Waals surface area contributed by atoms with E-state index in [1.165, 1.54) is 12.8 Å². The van der Waals surface area contributed by atoms with Gasteiger partial charge in [0.05, 0.1) is 0 Å². The Bertz CT molecular complexity index is 151. The number of hydrogen-bond acceptors (Lipinski definition) is 3. The SMILES string of the molecule is OCC1CCC2NCCNC2C1. The number of fused-ring (bicyclic) bond motifs is 1. The van der Waals surface area contributed by atoms with Crippen LogP contribution in [-0.2, 0) is 0 Å². The molecule has 1 aliphatic carbocycles. The molecule has 0 amide bonds. The molecular formula is C9H18N2O. The van der Waals surface area contributed by atoms with Crippen molar-refractivity contribution in [2.24, 2.45) is 5.92 Å². The first-order valence-corrected chi connectivity index (χ1v) is 4.98. The highest BCUT2D eigenvalue weighted by molar-refractivity contribution is 4.92. The molecule has 3 N–H and O–H groups in total. The van der Waals surface area contributed by atoms with Crippen LogP contribution in [0.2, 0.25) is 0 Å². The molecule has 2 aliphatic rings. The third-order valence-electron chi connectivity index (χ3n) is 3.16. The summed E-state index contributed by atoms with van der Waals surface area (Å²) in [5, 5.41) is 16.1. The Balaban J connectivity index is 1.90. The van der Waals surface area contributed by atoms with Crippen molar-refractivity contribution in [3.05, 3.63) is 0 Å². The molecule has 3 nitrogen and oxygen atoms in total. The summed E-state index contributed by atoms with van der Waals surface area (Å²) in [6.45, 7) is 2.55. The van der Waals surface area contributed by atoms with Crippen molar-refractivity contribution in [2.45, 2.75) is 31.3 Å². The Morgan fingerprint density at radius 1 is 1.08 bits per heavy atom. The van der Waals surface area contributed by atoms with Crippen LogP contribution in [-0.4, -0.2) is 36.9 Å². The summed E-state index contributed by atoms with van der Waals surface area (Å²) in [5.74, 6) is 0.540. The maximum absolute atomic E-state index is 9.03. The zero-order chi connectivity index (χ0) is 8.39. The third kappa shape index (κ3) is 1.63. The average Bonchev–Trinajstić information content (AvgIpc) is 2.17. The highest BCUT2D eigenvalue weighted by Gasteiger charge is 2.31. The van der Waals surface area contributed by atoms with E-state index in [1.807, 2.05) is 0 Å². The van der Waals surface area contributed by atoms with Gasteiger partial charge in [-0.15, -0.1) is 0 Å². The fraction of sp³-hybridized carbons (Fsp3) is 1.00. The Morgan fingerprint density at radius 2 is 1.83 bits per heavy atom. The van der Waals surface area contributed by atoms with Gasteiger partial charge in [0.25, 0.3) is 0 Å². The van der Waals surface area contributed by atoms with Gasteiger partial charge in [0.2, 0.25) is 0 Å². The molecule has 3 atom stereocenters. The lowest BCUT2D eigenvalue weighted by Crippen LogP contribution is -2.58. The largest absolute Gasteiger partial charge is 0.396 e. The van der Waals surface area contributed by atoms with Crippen LogP contribution in [0.3, 0.4) is 0 Å². The summed E-state index contributed by atoms with van der Waals surface area (Å²) >= 11 is 0. The monoisotopic (exact) mass is 170 g/mol. The van der Waals surface area contributed by atoms with Crippen LogP contribution in [0, 0.1) is 5.92 Å². The van der Waals surface area contributed by atoms with Crippen LogP contribution in [0.25, 0.3) is 0 Å². The van der Waals surface area contributed by atoms with Crippen LogP contribution >= 0.6 is 0 Å². The first kappa shape index (κ1) is 8.48. The molecule has 3 unspecified atom stereocenters. The van der Waals surface area contributed by atoms with Crippen molar-refractivity contribution in [2.75, 3.05) is 19.7 Å². The number of piperazine rings is 1. The lowest BCUT2D eigenvalue weighted by atomic mass is 9.82. The minimum atomic E-state index is 0.366. The van der Waals surface area contributed by atoms with Crippen LogP contribution < -0.4 is 10.6 Å². The Kier molecular flexibility index (Phi) is 2.63. The molecule has 2 rings (SSSR count). The number of aliphatic hydroxyl groups excluding tert-OH is 1. The fourth-order valence-corrected chi connectivity index (χ4v) is 2.41. The molecular weight excluding hydrogens is 152 g/mol. The molecule has 0 aromatic carbocycles. The molecule has 0 radical (unpaired) electrons. The van der Waals surface area contributed by atoms with Gasteiger partial charge >= 0.3 is 0 Å². The molecule has 70 valence electrons. The molecule has 1 saturated heterocycles. The standard InChI is InChI=1S/C9H18N2O/c12-6-7-1-2-8-9(5-7)11-4-3-10-8/h7-12H,1-6H2. The maximum Gasteiger partial charge on any atom is 0.0459 e. The van der Waals surface area contributed by atoms with Crippen LogP contribution in [0.4, 0.5) is 0 Å². The van der Waals surface area contributed by atoms with Crippen LogP contribution in [0.5, 0.6) is 0 Å². The van der Waals surface area contributed by atoms with Gasteiger partial charge in [-0.2, -0.15) is 0 Å². The predicted octanol–water partition coefficient (Wildman–Crippen LogP) is -0.291. The normalized spacial score (nSPS) is 42.2. The Hall–Kier alpha value is -0.120. The highest BCUT2D eigenvalue weighted by Crippen LogP contribution is 2.25. The molecule has 1 heterocycles. The van der Waals surface area contributed by atoms with Crippen molar-refractivity contribution in [1.82, 2.24) is 10.6 Å². The molecule has 12 heavy (non-hydrogen) atoms. The summed E-state index contributed by atoms with van der Waals surface area (Å²) in [5.41, 5.74) is 0. The molecule has 0 bridgehead atoms. The second kappa shape index (κ2) is 3.73. The number of aliphatic hydroxyl groups is 1.